The first-order chi connectivity index (χ1) is 11.2. The van der Waals surface area contributed by atoms with Gasteiger partial charge in [0.05, 0.1) is 12.2 Å². The Labute approximate surface area is 154 Å². The molecule has 24 heavy (non-hydrogen) atoms. The van der Waals surface area contributed by atoms with E-state index in [0.29, 0.717) is 5.13 Å². The Morgan fingerprint density at radius 1 is 1.21 bits per heavy atom. The number of thiazole rings is 1. The molecule has 5 nitrogen and oxygen atoms in total. The Morgan fingerprint density at radius 3 is 2.42 bits per heavy atom. The van der Waals surface area contributed by atoms with Gasteiger partial charge in [0.15, 0.2) is 5.13 Å². The molecule has 2 N–H and O–H groups in total. The zero-order chi connectivity index (χ0) is 17.9. The molecule has 0 unspecified atom stereocenters. The van der Waals surface area contributed by atoms with Gasteiger partial charge in [-0.15, -0.1) is 11.3 Å². The molecule has 7 heteroatoms. The summed E-state index contributed by atoms with van der Waals surface area (Å²) >= 11 is 4.82. The highest BCUT2D eigenvalue weighted by molar-refractivity contribution is 9.10. The van der Waals surface area contributed by atoms with Gasteiger partial charge in [-0.05, 0) is 19.1 Å². The molecule has 0 fully saturated rings. The molecule has 2 aromatic rings. The molecule has 0 radical (unpaired) electrons. The SMILES string of the molecule is Cc1sc(NC(=O)CNC(=O)C(C)(C)C)nc1-c1ccc(Br)cc1. The van der Waals surface area contributed by atoms with Crippen LogP contribution in [0.25, 0.3) is 11.3 Å². The third kappa shape index (κ3) is 4.88. The summed E-state index contributed by atoms with van der Waals surface area (Å²) < 4.78 is 1.00. The molecular formula is C17H20BrN3O2S. The molecule has 1 aromatic carbocycles. The number of anilines is 1. The minimum Gasteiger partial charge on any atom is -0.347 e. The molecule has 0 aliphatic rings. The highest BCUT2D eigenvalue weighted by Gasteiger charge is 2.21. The molecule has 2 amide bonds. The van der Waals surface area contributed by atoms with E-state index in [1.54, 1.807) is 20.8 Å². The first-order valence-corrected chi connectivity index (χ1v) is 9.09. The van der Waals surface area contributed by atoms with E-state index in [-0.39, 0.29) is 18.4 Å². The van der Waals surface area contributed by atoms with Crippen LogP contribution in [0.2, 0.25) is 0 Å². The maximum Gasteiger partial charge on any atom is 0.245 e. The van der Waals surface area contributed by atoms with Gasteiger partial charge >= 0.3 is 0 Å². The summed E-state index contributed by atoms with van der Waals surface area (Å²) in [6.45, 7) is 7.30. The predicted molar refractivity (Wildman–Crippen MR) is 101 cm³/mol. The highest BCUT2D eigenvalue weighted by Crippen LogP contribution is 2.30. The Morgan fingerprint density at radius 2 is 1.83 bits per heavy atom. The van der Waals surface area contributed by atoms with E-state index in [0.717, 1.165) is 20.6 Å². The van der Waals surface area contributed by atoms with Gasteiger partial charge in [0.2, 0.25) is 11.8 Å². The molecule has 0 aliphatic heterocycles. The molecule has 0 atom stereocenters. The minimum absolute atomic E-state index is 0.0671. The normalized spacial score (nSPS) is 11.2. The van der Waals surface area contributed by atoms with E-state index in [4.69, 9.17) is 0 Å². The van der Waals surface area contributed by atoms with Crippen LogP contribution in [-0.2, 0) is 9.59 Å². The zero-order valence-corrected chi connectivity index (χ0v) is 16.5. The Bertz CT molecular complexity index is 748. The number of nitrogens with zero attached hydrogens (tertiary/aromatic N) is 1. The highest BCUT2D eigenvalue weighted by atomic mass is 79.9. The number of nitrogens with one attached hydrogen (secondary N) is 2. The van der Waals surface area contributed by atoms with Crippen LogP contribution in [0.4, 0.5) is 5.13 Å². The third-order valence-corrected chi connectivity index (χ3v) is 4.67. The molecule has 0 saturated heterocycles. The van der Waals surface area contributed by atoms with Crippen molar-refractivity contribution in [1.29, 1.82) is 0 Å². The summed E-state index contributed by atoms with van der Waals surface area (Å²) in [5, 5.41) is 5.89. The molecule has 0 bridgehead atoms. The van der Waals surface area contributed by atoms with Gasteiger partial charge in [-0.1, -0.05) is 48.8 Å². The molecule has 1 aromatic heterocycles. The average Bonchev–Trinajstić information content (AvgIpc) is 2.85. The van der Waals surface area contributed by atoms with Gasteiger partial charge in [0, 0.05) is 20.3 Å². The first kappa shape index (κ1) is 18.6. The second-order valence-corrected chi connectivity index (χ2v) is 8.53. The number of hydrogen-bond donors (Lipinski definition) is 2. The van der Waals surface area contributed by atoms with E-state index in [2.05, 4.69) is 31.5 Å². The lowest BCUT2D eigenvalue weighted by Gasteiger charge is -2.17. The molecule has 2 rings (SSSR count). The number of rotatable bonds is 4. The van der Waals surface area contributed by atoms with Crippen molar-refractivity contribution in [2.24, 2.45) is 5.41 Å². The average molecular weight is 410 g/mol. The van der Waals surface area contributed by atoms with Crippen LogP contribution < -0.4 is 10.6 Å². The van der Waals surface area contributed by atoms with Crippen LogP contribution >= 0.6 is 27.3 Å². The largest absolute Gasteiger partial charge is 0.347 e. The van der Waals surface area contributed by atoms with Crippen molar-refractivity contribution < 1.29 is 9.59 Å². The van der Waals surface area contributed by atoms with Crippen LogP contribution in [0.1, 0.15) is 25.6 Å². The van der Waals surface area contributed by atoms with Crippen molar-refractivity contribution in [2.45, 2.75) is 27.7 Å². The Hall–Kier alpha value is -1.73. The lowest BCUT2D eigenvalue weighted by Crippen LogP contribution is -2.39. The van der Waals surface area contributed by atoms with Crippen molar-refractivity contribution in [3.05, 3.63) is 33.6 Å². The zero-order valence-electron chi connectivity index (χ0n) is 14.1. The Balaban J connectivity index is 2.01. The summed E-state index contributed by atoms with van der Waals surface area (Å²) in [7, 11) is 0. The monoisotopic (exact) mass is 409 g/mol. The predicted octanol–water partition coefficient (Wildman–Crippen LogP) is 3.98. The summed E-state index contributed by atoms with van der Waals surface area (Å²) in [5.74, 6) is -0.452. The maximum atomic E-state index is 12.0. The minimum atomic E-state index is -0.521. The molecule has 0 aliphatic carbocycles. The quantitative estimate of drug-likeness (QED) is 0.801. The maximum absolute atomic E-state index is 12.0. The lowest BCUT2D eigenvalue weighted by atomic mass is 9.96. The summed E-state index contributed by atoms with van der Waals surface area (Å²) in [6.07, 6.45) is 0. The fraction of sp³-hybridized carbons (Fsp3) is 0.353. The summed E-state index contributed by atoms with van der Waals surface area (Å²) in [6, 6.07) is 7.85. The number of aromatic nitrogens is 1. The standard InChI is InChI=1S/C17H20BrN3O2S/c1-10-14(11-5-7-12(18)8-6-11)21-16(24-10)20-13(22)9-19-15(23)17(2,3)4/h5-8H,9H2,1-4H3,(H,19,23)(H,20,21,22). The number of halogens is 1. The van der Waals surface area contributed by atoms with Crippen molar-refractivity contribution in [2.75, 3.05) is 11.9 Å². The van der Waals surface area contributed by atoms with E-state index >= 15 is 0 Å². The van der Waals surface area contributed by atoms with Gasteiger partial charge in [0.1, 0.15) is 0 Å². The number of carbonyl (C=O) groups excluding carboxylic acids is 2. The number of aryl methyl sites for hydroxylation is 1. The van der Waals surface area contributed by atoms with Gasteiger partial charge in [-0.2, -0.15) is 0 Å². The number of hydrogen-bond acceptors (Lipinski definition) is 4. The van der Waals surface area contributed by atoms with E-state index in [9.17, 15) is 9.59 Å². The van der Waals surface area contributed by atoms with E-state index < -0.39 is 5.41 Å². The fourth-order valence-electron chi connectivity index (χ4n) is 1.91. The van der Waals surface area contributed by atoms with Gasteiger partial charge in [-0.25, -0.2) is 4.98 Å². The van der Waals surface area contributed by atoms with Crippen molar-refractivity contribution in [3.8, 4) is 11.3 Å². The number of carbonyl (C=O) groups is 2. The smallest absolute Gasteiger partial charge is 0.245 e. The van der Waals surface area contributed by atoms with E-state index in [1.165, 1.54) is 11.3 Å². The van der Waals surface area contributed by atoms with Crippen molar-refractivity contribution in [3.63, 3.8) is 0 Å². The van der Waals surface area contributed by atoms with E-state index in [1.807, 2.05) is 31.2 Å². The molecular weight excluding hydrogens is 390 g/mol. The van der Waals surface area contributed by atoms with Gasteiger partial charge in [-0.3, -0.25) is 9.59 Å². The number of amides is 2. The van der Waals surface area contributed by atoms with Crippen LogP contribution in [0, 0.1) is 12.3 Å². The van der Waals surface area contributed by atoms with Crippen LogP contribution in [0.15, 0.2) is 28.7 Å². The lowest BCUT2D eigenvalue weighted by molar-refractivity contribution is -0.130. The third-order valence-electron chi connectivity index (χ3n) is 3.25. The number of benzene rings is 1. The molecule has 128 valence electrons. The van der Waals surface area contributed by atoms with Crippen LogP contribution in [0.3, 0.4) is 0 Å². The Kier molecular flexibility index (Phi) is 5.77. The van der Waals surface area contributed by atoms with Crippen molar-refractivity contribution >= 4 is 44.2 Å². The molecule has 0 saturated carbocycles. The van der Waals surface area contributed by atoms with Gasteiger partial charge < -0.3 is 10.6 Å². The second-order valence-electron chi connectivity index (χ2n) is 6.41. The van der Waals surface area contributed by atoms with Crippen molar-refractivity contribution in [1.82, 2.24) is 10.3 Å². The summed E-state index contributed by atoms with van der Waals surface area (Å²) in [4.78, 5) is 29.3. The van der Waals surface area contributed by atoms with Crippen LogP contribution in [0.5, 0.6) is 0 Å². The first-order valence-electron chi connectivity index (χ1n) is 7.48. The molecule has 1 heterocycles. The second kappa shape index (κ2) is 7.44. The van der Waals surface area contributed by atoms with Gasteiger partial charge in [0.25, 0.3) is 0 Å². The summed E-state index contributed by atoms with van der Waals surface area (Å²) in [5.41, 5.74) is 1.32. The fourth-order valence-corrected chi connectivity index (χ4v) is 3.03. The topological polar surface area (TPSA) is 71.1 Å². The molecule has 0 spiro atoms. The van der Waals surface area contributed by atoms with Crippen LogP contribution in [-0.4, -0.2) is 23.3 Å².